The number of carboxylic acids is 1. The Labute approximate surface area is 327 Å². The van der Waals surface area contributed by atoms with E-state index in [-0.39, 0.29) is 38.7 Å². The molecule has 298 valence electrons. The molecular weight excluding hydrogens is 669 g/mol. The number of allylic oxidation sites excluding steroid dienone is 3. The Morgan fingerprint density at radius 3 is 2.22 bits per heavy atom. The average molecular weight is 741 g/mol. The van der Waals surface area contributed by atoms with E-state index in [1.54, 1.807) is 12.1 Å². The average Bonchev–Trinajstić information content (AvgIpc) is 3.49. The van der Waals surface area contributed by atoms with E-state index < -0.39 is 11.6 Å². The lowest BCUT2D eigenvalue weighted by Crippen LogP contribution is -2.71. The maximum atomic E-state index is 13.1. The highest BCUT2D eigenvalue weighted by Crippen LogP contribution is 2.80. The smallest absolute Gasteiger partial charge is 0.410 e. The molecule has 2 N–H and O–H groups in total. The number of nitrogens with zero attached hydrogens (tertiary/aromatic N) is 1. The van der Waals surface area contributed by atoms with Crippen molar-refractivity contribution in [1.82, 2.24) is 10.2 Å². The van der Waals surface area contributed by atoms with Crippen molar-refractivity contribution in [1.29, 1.82) is 0 Å². The first-order chi connectivity index (χ1) is 25.1. The number of fused-ring (bicyclic) bond motifs is 7. The Kier molecular flexibility index (Phi) is 9.71. The van der Waals surface area contributed by atoms with Crippen LogP contribution in [0.4, 0.5) is 4.79 Å². The lowest BCUT2D eigenvalue weighted by Gasteiger charge is -2.76. The second-order valence-corrected chi connectivity index (χ2v) is 21.7. The number of carbonyl (C=O) groups is 2. The number of amides is 1. The number of hydrogen-bond acceptors (Lipinski definition) is 4. The van der Waals surface area contributed by atoms with Crippen molar-refractivity contribution in [3.63, 3.8) is 0 Å². The minimum absolute atomic E-state index is 0.00104. The van der Waals surface area contributed by atoms with E-state index in [9.17, 15) is 14.7 Å². The Bertz CT molecular complexity index is 1690. The van der Waals surface area contributed by atoms with Crippen LogP contribution < -0.4 is 5.32 Å². The maximum absolute atomic E-state index is 13.1. The van der Waals surface area contributed by atoms with Gasteiger partial charge in [-0.05, 0) is 178 Å². The van der Waals surface area contributed by atoms with Gasteiger partial charge in [0.25, 0.3) is 0 Å². The van der Waals surface area contributed by atoms with Crippen molar-refractivity contribution in [3.8, 4) is 0 Å². The van der Waals surface area contributed by atoms with Gasteiger partial charge in [-0.25, -0.2) is 9.59 Å². The molecule has 0 spiro atoms. The van der Waals surface area contributed by atoms with Crippen LogP contribution in [-0.4, -0.2) is 52.8 Å². The third-order valence-electron chi connectivity index (χ3n) is 17.7. The molecule has 54 heavy (non-hydrogen) atoms. The van der Waals surface area contributed by atoms with Gasteiger partial charge in [-0.2, -0.15) is 0 Å². The van der Waals surface area contributed by atoms with Gasteiger partial charge in [0.05, 0.1) is 5.56 Å². The van der Waals surface area contributed by atoms with Gasteiger partial charge < -0.3 is 20.1 Å². The molecule has 6 aliphatic rings. The van der Waals surface area contributed by atoms with Gasteiger partial charge in [-0.3, -0.25) is 0 Å². The molecule has 1 aliphatic heterocycles. The van der Waals surface area contributed by atoms with Crippen LogP contribution in [0.2, 0.25) is 0 Å². The van der Waals surface area contributed by atoms with Crippen LogP contribution >= 0.6 is 0 Å². The fraction of sp³-hybridized carbons (Fsp3) is 0.750. The van der Waals surface area contributed by atoms with Crippen molar-refractivity contribution in [2.24, 2.45) is 56.7 Å². The highest BCUT2D eigenvalue weighted by molar-refractivity contribution is 5.88. The van der Waals surface area contributed by atoms with Crippen molar-refractivity contribution in [3.05, 3.63) is 53.6 Å². The zero-order chi connectivity index (χ0) is 39.3. The molecule has 6 nitrogen and oxygen atoms in total. The van der Waals surface area contributed by atoms with E-state index in [0.29, 0.717) is 35.2 Å². The Morgan fingerprint density at radius 2 is 1.57 bits per heavy atom. The molecule has 0 radical (unpaired) electrons. The summed E-state index contributed by atoms with van der Waals surface area (Å²) in [6, 6.07) is 7.62. The molecule has 4 saturated carbocycles. The summed E-state index contributed by atoms with van der Waals surface area (Å²) in [4.78, 5) is 26.6. The first kappa shape index (κ1) is 39.6. The van der Waals surface area contributed by atoms with Crippen molar-refractivity contribution < 1.29 is 19.4 Å². The van der Waals surface area contributed by atoms with Gasteiger partial charge in [-0.15, -0.1) is 0 Å². The summed E-state index contributed by atoms with van der Waals surface area (Å²) in [6.07, 6.45) is 15.7. The molecule has 5 aliphatic carbocycles. The van der Waals surface area contributed by atoms with E-state index in [0.717, 1.165) is 38.9 Å². The first-order valence-electron chi connectivity index (χ1n) is 21.5. The molecule has 1 aromatic carbocycles. The van der Waals surface area contributed by atoms with Crippen LogP contribution in [0.25, 0.3) is 5.57 Å². The lowest BCUT2D eigenvalue weighted by molar-refractivity contribution is -0.256. The molecule has 7 rings (SSSR count). The topological polar surface area (TPSA) is 78.9 Å². The molecule has 1 heterocycles. The fourth-order valence-corrected chi connectivity index (χ4v) is 15.0. The van der Waals surface area contributed by atoms with Gasteiger partial charge in [0.1, 0.15) is 5.60 Å². The zero-order valence-corrected chi connectivity index (χ0v) is 35.5. The fourth-order valence-electron chi connectivity index (χ4n) is 15.0. The summed E-state index contributed by atoms with van der Waals surface area (Å²) in [5.74, 6) is 1.89. The zero-order valence-electron chi connectivity index (χ0n) is 35.5. The molecule has 1 saturated heterocycles. The monoisotopic (exact) mass is 741 g/mol. The van der Waals surface area contributed by atoms with Gasteiger partial charge in [0.2, 0.25) is 0 Å². The Morgan fingerprint density at radius 1 is 0.907 bits per heavy atom. The molecule has 5 fully saturated rings. The van der Waals surface area contributed by atoms with Crippen LogP contribution in [0, 0.1) is 56.7 Å². The van der Waals surface area contributed by atoms with E-state index in [4.69, 9.17) is 4.74 Å². The first-order valence-corrected chi connectivity index (χ1v) is 21.5. The highest BCUT2D eigenvalue weighted by atomic mass is 16.6. The second-order valence-electron chi connectivity index (χ2n) is 21.7. The quantitative estimate of drug-likeness (QED) is 0.284. The number of ether oxygens (including phenoxy) is 1. The molecule has 0 bridgehead atoms. The van der Waals surface area contributed by atoms with E-state index in [1.165, 1.54) is 68.1 Å². The lowest BCUT2D eigenvalue weighted by atomic mass is 9.29. The van der Waals surface area contributed by atoms with Gasteiger partial charge >= 0.3 is 12.1 Å². The standard InChI is InChI=1S/C48H72N2O4/c1-31(2)35-18-25-48(49-29-32-13-12-28-50(30-32)41(53)54-42(3,4)5)27-26-47(11)45(9)23-20-37-43(6,7)36(33-14-16-34(17-15-33)40(51)52)19-22-44(37,8)38(45)21-24-46(47,10)39(35)48/h14-17,19,32,35,37-39,49H,1,12-13,18,20-30H2,2-11H3,(H,51,52)/t32?,35-,37-,38+,39+,44-,45+,46+,47-,48-/m0/s1. The molecule has 10 atom stereocenters. The summed E-state index contributed by atoms with van der Waals surface area (Å²) in [5, 5.41) is 13.9. The summed E-state index contributed by atoms with van der Waals surface area (Å²) in [6.45, 7) is 31.2. The molecule has 0 aromatic heterocycles. The number of carbonyl (C=O) groups excluding carboxylic acids is 1. The van der Waals surface area contributed by atoms with Crippen LogP contribution in [0.5, 0.6) is 0 Å². The molecular formula is C48H72N2O4. The molecule has 1 aromatic rings. The minimum atomic E-state index is -0.867. The summed E-state index contributed by atoms with van der Waals surface area (Å²) in [5.41, 5.74) is 4.79. The number of benzene rings is 1. The van der Waals surface area contributed by atoms with Gasteiger partial charge in [0.15, 0.2) is 0 Å². The largest absolute Gasteiger partial charge is 0.478 e. The predicted octanol–water partition coefficient (Wildman–Crippen LogP) is 11.4. The number of hydrogen-bond donors (Lipinski definition) is 2. The number of carboxylic acid groups (broad SMARTS) is 1. The SMILES string of the molecule is C=C(C)[C@@H]1CC[C@]2(NCC3CCCN(C(=O)OC(C)(C)C)C3)CC[C@@]3(C)[C@]4(C)CC[C@H]5C(C)(C)C(c6ccc(C(=O)O)cc6)=CC[C@]5(C)[C@H]4CC[C@]3(C)[C@@H]12. The van der Waals surface area contributed by atoms with Gasteiger partial charge in [0, 0.05) is 25.2 Å². The van der Waals surface area contributed by atoms with Crippen molar-refractivity contribution >= 4 is 17.6 Å². The number of rotatable bonds is 6. The Balaban J connectivity index is 1.16. The number of piperidine rings is 1. The van der Waals surface area contributed by atoms with Crippen molar-refractivity contribution in [2.45, 2.75) is 151 Å². The second kappa shape index (κ2) is 13.2. The molecule has 1 unspecified atom stereocenters. The third-order valence-corrected chi connectivity index (χ3v) is 17.7. The van der Waals surface area contributed by atoms with Crippen molar-refractivity contribution in [2.75, 3.05) is 19.6 Å². The van der Waals surface area contributed by atoms with Crippen LogP contribution in [0.1, 0.15) is 156 Å². The summed E-state index contributed by atoms with van der Waals surface area (Å²) >= 11 is 0. The Hall–Kier alpha value is -2.60. The van der Waals surface area contributed by atoms with Crippen LogP contribution in [-0.2, 0) is 4.74 Å². The third kappa shape index (κ3) is 5.96. The number of nitrogens with one attached hydrogen (secondary N) is 1. The maximum Gasteiger partial charge on any atom is 0.410 e. The molecule has 6 heteroatoms. The van der Waals surface area contributed by atoms with Crippen LogP contribution in [0.3, 0.4) is 0 Å². The minimum Gasteiger partial charge on any atom is -0.478 e. The van der Waals surface area contributed by atoms with E-state index in [2.05, 4.69) is 66.4 Å². The summed E-state index contributed by atoms with van der Waals surface area (Å²) < 4.78 is 5.79. The normalized spacial score (nSPS) is 41.4. The number of aromatic carboxylic acids is 1. The van der Waals surface area contributed by atoms with Gasteiger partial charge in [-0.1, -0.05) is 71.9 Å². The van der Waals surface area contributed by atoms with Crippen LogP contribution in [0.15, 0.2) is 42.5 Å². The highest BCUT2D eigenvalue weighted by Gasteiger charge is 2.74. The number of likely N-dealkylation sites (tertiary alicyclic amines) is 1. The summed E-state index contributed by atoms with van der Waals surface area (Å²) in [7, 11) is 0. The van der Waals surface area contributed by atoms with E-state index >= 15 is 0 Å². The van der Waals surface area contributed by atoms with E-state index in [1.807, 2.05) is 37.8 Å². The predicted molar refractivity (Wildman–Crippen MR) is 219 cm³/mol. The molecule has 1 amide bonds.